The highest BCUT2D eigenvalue weighted by Crippen LogP contribution is 2.23. The van der Waals surface area contributed by atoms with Crippen molar-refractivity contribution >= 4 is 35.0 Å². The van der Waals surface area contributed by atoms with Gasteiger partial charge in [0.2, 0.25) is 5.91 Å². The third-order valence-electron chi connectivity index (χ3n) is 2.80. The second-order valence-corrected chi connectivity index (χ2v) is 6.32. The molecule has 0 spiro atoms. The van der Waals surface area contributed by atoms with E-state index in [1.54, 1.807) is 18.3 Å². The molecule has 4 nitrogen and oxygen atoms in total. The van der Waals surface area contributed by atoms with E-state index in [0.717, 1.165) is 16.5 Å². The molecule has 1 aromatic carbocycles. The second kappa shape index (κ2) is 8.06. The van der Waals surface area contributed by atoms with Gasteiger partial charge in [0.25, 0.3) is 0 Å². The molecule has 2 aromatic rings. The molecule has 1 heterocycles. The number of carbonyl (C=O) groups is 1. The molecule has 116 valence electrons. The maximum absolute atomic E-state index is 12.2. The van der Waals surface area contributed by atoms with E-state index < -0.39 is 0 Å². The highest BCUT2D eigenvalue weighted by atomic mass is 35.5. The number of rotatable bonds is 6. The minimum absolute atomic E-state index is 0.0779. The molecule has 0 aliphatic rings. The van der Waals surface area contributed by atoms with Crippen molar-refractivity contribution in [2.75, 3.05) is 11.9 Å². The molecule has 0 aliphatic carbocycles. The summed E-state index contributed by atoms with van der Waals surface area (Å²) in [5.41, 5.74) is 0.741. The first-order valence-corrected chi connectivity index (χ1v) is 8.16. The average Bonchev–Trinajstić information content (AvgIpc) is 2.51. The van der Waals surface area contributed by atoms with Gasteiger partial charge < -0.3 is 10.1 Å². The molecule has 0 saturated heterocycles. The third kappa shape index (κ3) is 4.93. The molecular formula is C16H17ClN2O2S. The van der Waals surface area contributed by atoms with E-state index in [1.165, 1.54) is 11.8 Å². The summed E-state index contributed by atoms with van der Waals surface area (Å²) in [6.45, 7) is 4.39. The number of carbonyl (C=O) groups excluding carboxylic acids is 1. The van der Waals surface area contributed by atoms with Crippen LogP contribution in [0.2, 0.25) is 5.02 Å². The number of hydrogen-bond donors (Lipinski definition) is 1. The highest BCUT2D eigenvalue weighted by Gasteiger charge is 2.15. The van der Waals surface area contributed by atoms with Crippen molar-refractivity contribution in [3.63, 3.8) is 0 Å². The summed E-state index contributed by atoms with van der Waals surface area (Å²) in [5.74, 6) is 0.708. The molecule has 22 heavy (non-hydrogen) atoms. The number of amides is 1. The predicted molar refractivity (Wildman–Crippen MR) is 90.8 cm³/mol. The lowest BCUT2D eigenvalue weighted by molar-refractivity contribution is -0.115. The summed E-state index contributed by atoms with van der Waals surface area (Å²) in [7, 11) is 0. The fraction of sp³-hybridized carbons (Fsp3) is 0.250. The smallest absolute Gasteiger partial charge is 0.237 e. The lowest BCUT2D eigenvalue weighted by Crippen LogP contribution is -2.22. The Kier molecular flexibility index (Phi) is 6.10. The zero-order valence-electron chi connectivity index (χ0n) is 12.4. The van der Waals surface area contributed by atoms with E-state index in [0.29, 0.717) is 11.6 Å². The van der Waals surface area contributed by atoms with Gasteiger partial charge in [0.1, 0.15) is 5.75 Å². The number of nitrogens with one attached hydrogen (secondary N) is 1. The van der Waals surface area contributed by atoms with E-state index in [-0.39, 0.29) is 11.2 Å². The van der Waals surface area contributed by atoms with Gasteiger partial charge in [-0.3, -0.25) is 4.79 Å². The van der Waals surface area contributed by atoms with Crippen LogP contribution in [0.4, 0.5) is 5.69 Å². The summed E-state index contributed by atoms with van der Waals surface area (Å²) < 4.78 is 5.37. The molecule has 0 radical (unpaired) electrons. The van der Waals surface area contributed by atoms with E-state index in [4.69, 9.17) is 16.3 Å². The van der Waals surface area contributed by atoms with Gasteiger partial charge in [0.15, 0.2) is 0 Å². The van der Waals surface area contributed by atoms with Gasteiger partial charge in [-0.05, 0) is 50.2 Å². The van der Waals surface area contributed by atoms with Crippen LogP contribution in [0.1, 0.15) is 13.8 Å². The molecule has 1 amide bonds. The molecule has 1 atom stereocenters. The number of pyridine rings is 1. The van der Waals surface area contributed by atoms with E-state index in [1.807, 2.05) is 38.1 Å². The number of thioether (sulfide) groups is 1. The van der Waals surface area contributed by atoms with Gasteiger partial charge in [-0.1, -0.05) is 23.4 Å². The molecule has 1 unspecified atom stereocenters. The Bertz CT molecular complexity index is 617. The zero-order chi connectivity index (χ0) is 15.9. The Morgan fingerprint density at radius 2 is 2.05 bits per heavy atom. The van der Waals surface area contributed by atoms with Crippen LogP contribution < -0.4 is 10.1 Å². The van der Waals surface area contributed by atoms with Crippen molar-refractivity contribution in [3.05, 3.63) is 47.6 Å². The molecule has 2 rings (SSSR count). The van der Waals surface area contributed by atoms with E-state index in [2.05, 4.69) is 10.3 Å². The van der Waals surface area contributed by atoms with Crippen molar-refractivity contribution < 1.29 is 9.53 Å². The summed E-state index contributed by atoms with van der Waals surface area (Å²) in [6, 6.07) is 10.9. The molecule has 0 saturated carbocycles. The quantitative estimate of drug-likeness (QED) is 0.801. The van der Waals surface area contributed by atoms with Crippen molar-refractivity contribution in [1.29, 1.82) is 0 Å². The average molecular weight is 337 g/mol. The summed E-state index contributed by atoms with van der Waals surface area (Å²) in [5, 5.41) is 3.95. The fourth-order valence-corrected chi connectivity index (χ4v) is 2.61. The molecular weight excluding hydrogens is 320 g/mol. The summed E-state index contributed by atoms with van der Waals surface area (Å²) >= 11 is 7.18. The first-order chi connectivity index (χ1) is 10.6. The number of aromatic nitrogens is 1. The zero-order valence-corrected chi connectivity index (χ0v) is 13.9. The topological polar surface area (TPSA) is 51.2 Å². The van der Waals surface area contributed by atoms with Crippen molar-refractivity contribution in [3.8, 4) is 5.75 Å². The maximum atomic E-state index is 12.2. The molecule has 1 aromatic heterocycles. The lowest BCUT2D eigenvalue weighted by Gasteiger charge is -2.12. The van der Waals surface area contributed by atoms with Crippen LogP contribution >= 0.6 is 23.4 Å². The minimum atomic E-state index is -0.264. The second-order valence-electron chi connectivity index (χ2n) is 4.52. The summed E-state index contributed by atoms with van der Waals surface area (Å²) in [4.78, 5) is 16.4. The van der Waals surface area contributed by atoms with Crippen LogP contribution in [-0.2, 0) is 4.79 Å². The molecule has 0 aliphatic heterocycles. The largest absolute Gasteiger partial charge is 0.494 e. The van der Waals surface area contributed by atoms with E-state index >= 15 is 0 Å². The molecule has 6 heteroatoms. The fourth-order valence-electron chi connectivity index (χ4n) is 1.71. The standard InChI is InChI=1S/C16H17ClN2O2S/c1-3-21-14-7-5-13(6-8-14)19-16(20)11(2)22-15-9-4-12(17)10-18-15/h4-11H,3H2,1-2H3,(H,19,20). The van der Waals surface area contributed by atoms with Crippen LogP contribution in [0.5, 0.6) is 5.75 Å². The van der Waals surface area contributed by atoms with Crippen LogP contribution in [0.3, 0.4) is 0 Å². The monoisotopic (exact) mass is 336 g/mol. The Hall–Kier alpha value is -1.72. The van der Waals surface area contributed by atoms with Crippen LogP contribution in [0.25, 0.3) is 0 Å². The lowest BCUT2D eigenvalue weighted by atomic mass is 10.3. The van der Waals surface area contributed by atoms with E-state index in [9.17, 15) is 4.79 Å². The Morgan fingerprint density at radius 1 is 1.32 bits per heavy atom. The van der Waals surface area contributed by atoms with Crippen LogP contribution in [0.15, 0.2) is 47.6 Å². The van der Waals surface area contributed by atoms with Gasteiger partial charge >= 0.3 is 0 Å². The minimum Gasteiger partial charge on any atom is -0.494 e. The van der Waals surface area contributed by atoms with Crippen LogP contribution in [0, 0.1) is 0 Å². The highest BCUT2D eigenvalue weighted by molar-refractivity contribution is 8.00. The van der Waals surface area contributed by atoms with Gasteiger partial charge in [-0.2, -0.15) is 0 Å². The normalized spacial score (nSPS) is 11.8. The number of halogens is 1. The number of hydrogen-bond acceptors (Lipinski definition) is 4. The van der Waals surface area contributed by atoms with Gasteiger partial charge in [-0.15, -0.1) is 0 Å². The first kappa shape index (κ1) is 16.6. The molecule has 1 N–H and O–H groups in total. The maximum Gasteiger partial charge on any atom is 0.237 e. The van der Waals surface area contributed by atoms with Crippen molar-refractivity contribution in [1.82, 2.24) is 4.98 Å². The number of ether oxygens (including phenoxy) is 1. The van der Waals surface area contributed by atoms with Crippen molar-refractivity contribution in [2.24, 2.45) is 0 Å². The van der Waals surface area contributed by atoms with Gasteiger partial charge in [-0.25, -0.2) is 4.98 Å². The van der Waals surface area contributed by atoms with Gasteiger partial charge in [0, 0.05) is 11.9 Å². The van der Waals surface area contributed by atoms with Crippen LogP contribution in [-0.4, -0.2) is 22.7 Å². The SMILES string of the molecule is CCOc1ccc(NC(=O)C(C)Sc2ccc(Cl)cn2)cc1. The third-order valence-corrected chi connectivity index (χ3v) is 4.07. The van der Waals surface area contributed by atoms with Gasteiger partial charge in [0.05, 0.1) is 21.9 Å². The Balaban J connectivity index is 1.91. The predicted octanol–water partition coefficient (Wildman–Crippen LogP) is 4.25. The van der Waals surface area contributed by atoms with Crippen molar-refractivity contribution in [2.45, 2.75) is 24.1 Å². The number of benzene rings is 1. The molecule has 0 fully saturated rings. The first-order valence-electron chi connectivity index (χ1n) is 6.90. The number of anilines is 1. The Labute approximate surface area is 139 Å². The summed E-state index contributed by atoms with van der Waals surface area (Å²) in [6.07, 6.45) is 1.57. The number of nitrogens with zero attached hydrogens (tertiary/aromatic N) is 1. The molecule has 0 bridgehead atoms. The Morgan fingerprint density at radius 3 is 2.64 bits per heavy atom.